The van der Waals surface area contributed by atoms with E-state index in [1.807, 2.05) is 44.2 Å². The smallest absolute Gasteiger partial charge is 0.278 e. The Morgan fingerprint density at radius 3 is 2.60 bits per heavy atom. The van der Waals surface area contributed by atoms with Crippen LogP contribution < -0.4 is 10.2 Å². The number of rotatable bonds is 5. The molecule has 1 N–H and O–H groups in total. The monoisotopic (exact) mass is 338 g/mol. The van der Waals surface area contributed by atoms with Gasteiger partial charge in [0.1, 0.15) is 5.82 Å². The Morgan fingerprint density at radius 2 is 1.96 bits per heavy atom. The van der Waals surface area contributed by atoms with Crippen molar-refractivity contribution in [3.8, 4) is 0 Å². The first-order valence-corrected chi connectivity index (χ1v) is 9.16. The Balaban J connectivity index is 1.70. The molecule has 0 spiro atoms. The number of hydrogen-bond acceptors (Lipinski definition) is 4. The van der Waals surface area contributed by atoms with Gasteiger partial charge in [-0.1, -0.05) is 31.4 Å². The van der Waals surface area contributed by atoms with Crippen molar-refractivity contribution >= 4 is 17.4 Å². The average molecular weight is 338 g/mol. The molecule has 1 aromatic carbocycles. The number of amides is 1. The minimum Gasteiger partial charge on any atom is -0.366 e. The number of benzene rings is 1. The molecule has 25 heavy (non-hydrogen) atoms. The molecule has 1 amide bonds. The SMILES string of the molecule is CCN(C(=O)c1ccc(NC2CCCCC2)nn1)c1cccc(C)c1. The third kappa shape index (κ3) is 4.35. The molecule has 1 saturated carbocycles. The highest BCUT2D eigenvalue weighted by atomic mass is 16.2. The van der Waals surface area contributed by atoms with E-state index in [1.165, 1.54) is 32.1 Å². The molecule has 5 heteroatoms. The van der Waals surface area contributed by atoms with Crippen molar-refractivity contribution in [2.45, 2.75) is 52.0 Å². The zero-order valence-electron chi connectivity index (χ0n) is 15.0. The summed E-state index contributed by atoms with van der Waals surface area (Å²) in [5, 5.41) is 11.8. The Kier molecular flexibility index (Phi) is 5.64. The van der Waals surface area contributed by atoms with E-state index in [0.717, 1.165) is 17.1 Å². The Labute approximate surface area is 149 Å². The molecule has 0 bridgehead atoms. The number of carbonyl (C=O) groups excluding carboxylic acids is 1. The summed E-state index contributed by atoms with van der Waals surface area (Å²) < 4.78 is 0. The molecule has 0 unspecified atom stereocenters. The van der Waals surface area contributed by atoms with E-state index in [-0.39, 0.29) is 5.91 Å². The van der Waals surface area contributed by atoms with Gasteiger partial charge >= 0.3 is 0 Å². The molecule has 3 rings (SSSR count). The van der Waals surface area contributed by atoms with E-state index in [0.29, 0.717) is 18.3 Å². The molecule has 1 aliphatic rings. The molecule has 0 atom stereocenters. The first-order chi connectivity index (χ1) is 12.2. The number of nitrogens with zero attached hydrogens (tertiary/aromatic N) is 3. The fraction of sp³-hybridized carbons (Fsp3) is 0.450. The van der Waals surface area contributed by atoms with E-state index in [2.05, 4.69) is 15.5 Å². The van der Waals surface area contributed by atoms with Crippen LogP contribution in [0.25, 0.3) is 0 Å². The van der Waals surface area contributed by atoms with Crippen molar-refractivity contribution in [1.82, 2.24) is 10.2 Å². The molecule has 0 saturated heterocycles. The van der Waals surface area contributed by atoms with Crippen LogP contribution in [0.2, 0.25) is 0 Å². The van der Waals surface area contributed by atoms with Gasteiger partial charge in [-0.3, -0.25) is 4.79 Å². The highest BCUT2D eigenvalue weighted by Gasteiger charge is 2.19. The van der Waals surface area contributed by atoms with Crippen molar-refractivity contribution < 1.29 is 4.79 Å². The highest BCUT2D eigenvalue weighted by Crippen LogP contribution is 2.21. The van der Waals surface area contributed by atoms with Crippen LogP contribution >= 0.6 is 0 Å². The van der Waals surface area contributed by atoms with Crippen molar-refractivity contribution in [3.63, 3.8) is 0 Å². The maximum Gasteiger partial charge on any atom is 0.278 e. The number of aryl methyl sites for hydroxylation is 1. The van der Waals surface area contributed by atoms with Crippen LogP contribution in [0.1, 0.15) is 55.1 Å². The second-order valence-electron chi connectivity index (χ2n) is 6.67. The molecule has 132 valence electrons. The predicted octanol–water partition coefficient (Wildman–Crippen LogP) is 4.20. The minimum atomic E-state index is -0.121. The first kappa shape index (κ1) is 17.4. The number of anilines is 2. The van der Waals surface area contributed by atoms with Gasteiger partial charge in [-0.25, -0.2) is 0 Å². The second kappa shape index (κ2) is 8.10. The normalized spacial score (nSPS) is 15.0. The molecule has 1 fully saturated rings. The van der Waals surface area contributed by atoms with Gasteiger partial charge in [0.15, 0.2) is 5.69 Å². The van der Waals surface area contributed by atoms with E-state index in [1.54, 1.807) is 11.0 Å². The molecule has 1 aromatic heterocycles. The average Bonchev–Trinajstić information content (AvgIpc) is 2.64. The van der Waals surface area contributed by atoms with Crippen LogP contribution in [0.5, 0.6) is 0 Å². The summed E-state index contributed by atoms with van der Waals surface area (Å²) >= 11 is 0. The Bertz CT molecular complexity index is 708. The van der Waals surface area contributed by atoms with E-state index >= 15 is 0 Å². The topological polar surface area (TPSA) is 58.1 Å². The van der Waals surface area contributed by atoms with Crippen LogP contribution in [0.4, 0.5) is 11.5 Å². The first-order valence-electron chi connectivity index (χ1n) is 9.16. The van der Waals surface area contributed by atoms with Gasteiger partial charge in [0.05, 0.1) is 0 Å². The number of hydrogen-bond donors (Lipinski definition) is 1. The van der Waals surface area contributed by atoms with Crippen molar-refractivity contribution in [2.24, 2.45) is 0 Å². The Hall–Kier alpha value is -2.43. The summed E-state index contributed by atoms with van der Waals surface area (Å²) in [4.78, 5) is 14.5. The third-order valence-electron chi connectivity index (χ3n) is 4.72. The fourth-order valence-electron chi connectivity index (χ4n) is 3.36. The third-order valence-corrected chi connectivity index (χ3v) is 4.72. The van der Waals surface area contributed by atoms with Crippen LogP contribution in [0.3, 0.4) is 0 Å². The zero-order chi connectivity index (χ0) is 17.6. The fourth-order valence-corrected chi connectivity index (χ4v) is 3.36. The Morgan fingerprint density at radius 1 is 1.16 bits per heavy atom. The van der Waals surface area contributed by atoms with Crippen molar-refractivity contribution in [2.75, 3.05) is 16.8 Å². The molecule has 2 aromatic rings. The van der Waals surface area contributed by atoms with Crippen molar-refractivity contribution in [3.05, 3.63) is 47.7 Å². The van der Waals surface area contributed by atoms with Gasteiger partial charge in [-0.05, 0) is 56.5 Å². The van der Waals surface area contributed by atoms with Gasteiger partial charge in [0, 0.05) is 18.3 Å². The molecule has 5 nitrogen and oxygen atoms in total. The lowest BCUT2D eigenvalue weighted by atomic mass is 9.95. The van der Waals surface area contributed by atoms with Gasteiger partial charge < -0.3 is 10.2 Å². The molecule has 1 heterocycles. The largest absolute Gasteiger partial charge is 0.366 e. The standard InChI is InChI=1S/C20H26N4O/c1-3-24(17-11-7-8-15(2)14-17)20(25)18-12-13-19(23-22-18)21-16-9-5-4-6-10-16/h7-8,11-14,16H,3-6,9-10H2,1-2H3,(H,21,23). The second-order valence-corrected chi connectivity index (χ2v) is 6.67. The minimum absolute atomic E-state index is 0.121. The van der Waals surface area contributed by atoms with Crippen LogP contribution in [0, 0.1) is 6.92 Å². The van der Waals surface area contributed by atoms with Crippen molar-refractivity contribution in [1.29, 1.82) is 0 Å². The lowest BCUT2D eigenvalue weighted by Gasteiger charge is -2.23. The maximum atomic E-state index is 12.8. The summed E-state index contributed by atoms with van der Waals surface area (Å²) in [6, 6.07) is 12.0. The molecule has 1 aliphatic carbocycles. The summed E-state index contributed by atoms with van der Waals surface area (Å²) in [7, 11) is 0. The van der Waals surface area contributed by atoms with Crippen LogP contribution in [-0.2, 0) is 0 Å². The lowest BCUT2D eigenvalue weighted by Crippen LogP contribution is -2.31. The maximum absolute atomic E-state index is 12.8. The molecular weight excluding hydrogens is 312 g/mol. The van der Waals surface area contributed by atoms with E-state index in [9.17, 15) is 4.79 Å². The molecular formula is C20H26N4O. The summed E-state index contributed by atoms with van der Waals surface area (Å²) in [6.45, 7) is 4.58. The zero-order valence-corrected chi connectivity index (χ0v) is 15.0. The summed E-state index contributed by atoms with van der Waals surface area (Å²) in [5.41, 5.74) is 2.39. The number of aromatic nitrogens is 2. The molecule has 0 radical (unpaired) electrons. The van der Waals surface area contributed by atoms with Gasteiger partial charge in [0.25, 0.3) is 5.91 Å². The number of nitrogens with one attached hydrogen (secondary N) is 1. The van der Waals surface area contributed by atoms with Crippen LogP contribution in [0.15, 0.2) is 36.4 Å². The van der Waals surface area contributed by atoms with Gasteiger partial charge in [-0.2, -0.15) is 0 Å². The summed E-state index contributed by atoms with van der Waals surface area (Å²) in [6.07, 6.45) is 6.22. The van der Waals surface area contributed by atoms with Gasteiger partial charge in [-0.15, -0.1) is 10.2 Å². The highest BCUT2D eigenvalue weighted by molar-refractivity contribution is 6.04. The van der Waals surface area contributed by atoms with Gasteiger partial charge in [0.2, 0.25) is 0 Å². The quantitative estimate of drug-likeness (QED) is 0.888. The number of carbonyl (C=O) groups is 1. The van der Waals surface area contributed by atoms with E-state index < -0.39 is 0 Å². The lowest BCUT2D eigenvalue weighted by molar-refractivity contribution is 0.0982. The van der Waals surface area contributed by atoms with Crippen LogP contribution in [-0.4, -0.2) is 28.7 Å². The van der Waals surface area contributed by atoms with E-state index in [4.69, 9.17) is 0 Å². The predicted molar refractivity (Wildman–Crippen MR) is 101 cm³/mol. The molecule has 0 aliphatic heterocycles. The summed E-state index contributed by atoms with van der Waals surface area (Å²) in [5.74, 6) is 0.631.